The highest BCUT2D eigenvalue weighted by Gasteiger charge is 2.22. The Morgan fingerprint density at radius 2 is 1.59 bits per heavy atom. The maximum Gasteiger partial charge on any atom is 0.360 e. The highest BCUT2D eigenvalue weighted by Crippen LogP contribution is 2.38. The minimum Gasteiger partial charge on any atom is -0.507 e. The number of carbonyl (C=O) groups excluding carboxylic acids is 1. The summed E-state index contributed by atoms with van der Waals surface area (Å²) in [5.41, 5.74) is 6.82. The number of hydrogen-bond donors (Lipinski definition) is 3. The Labute approximate surface area is 197 Å². The van der Waals surface area contributed by atoms with Gasteiger partial charge in [0.05, 0.1) is 0 Å². The van der Waals surface area contributed by atoms with E-state index in [1.165, 1.54) is 11.1 Å². The van der Waals surface area contributed by atoms with E-state index >= 15 is 0 Å². The van der Waals surface area contributed by atoms with Crippen LogP contribution in [0.3, 0.4) is 0 Å². The van der Waals surface area contributed by atoms with Crippen LogP contribution in [0.1, 0.15) is 34.2 Å². The number of aryl methyl sites for hydroxylation is 5. The smallest absolute Gasteiger partial charge is 0.360 e. The predicted octanol–water partition coefficient (Wildman–Crippen LogP) is 6.22. The van der Waals surface area contributed by atoms with Crippen LogP contribution in [0.4, 0.5) is 16.2 Å². The third-order valence-electron chi connectivity index (χ3n) is 6.52. The average molecular weight is 455 g/mol. The van der Waals surface area contributed by atoms with Crippen molar-refractivity contribution >= 4 is 28.4 Å². The average Bonchev–Trinajstić information content (AvgIpc) is 3.25. The van der Waals surface area contributed by atoms with E-state index in [0.717, 1.165) is 35.8 Å². The van der Waals surface area contributed by atoms with E-state index in [4.69, 9.17) is 4.42 Å². The fourth-order valence-electron chi connectivity index (χ4n) is 4.82. The summed E-state index contributed by atoms with van der Waals surface area (Å²) in [6.45, 7) is 5.51. The number of carbonyl (C=O) groups is 1. The van der Waals surface area contributed by atoms with E-state index in [1.54, 1.807) is 26.0 Å². The number of hydrogen-bond acceptors (Lipinski definition) is 4. The van der Waals surface area contributed by atoms with E-state index in [1.807, 2.05) is 37.3 Å². The Bertz CT molecular complexity index is 1490. The molecule has 6 heteroatoms. The fourth-order valence-corrected chi connectivity index (χ4v) is 4.82. The molecule has 0 radical (unpaired) electrons. The van der Waals surface area contributed by atoms with Gasteiger partial charge in [-0.3, -0.25) is 0 Å². The summed E-state index contributed by atoms with van der Waals surface area (Å²) in [5, 5.41) is 16.3. The normalized spacial score (nSPS) is 12.6. The Hall–Kier alpha value is -4.06. The number of amides is 2. The zero-order chi connectivity index (χ0) is 24.0. The number of urea groups is 1. The molecule has 3 N–H and O–H groups in total. The SMILES string of the molecule is Cc1ccccc1-c1c(NC(=O)Nc2cc(C)c(O)c(C)c2)c(=O)oc2cc3c(cc12)CCC3. The Balaban J connectivity index is 1.63. The van der Waals surface area contributed by atoms with E-state index < -0.39 is 11.7 Å². The molecule has 1 aliphatic carbocycles. The molecule has 0 saturated carbocycles. The lowest BCUT2D eigenvalue weighted by atomic mass is 9.94. The summed E-state index contributed by atoms with van der Waals surface area (Å²) < 4.78 is 5.69. The largest absolute Gasteiger partial charge is 0.507 e. The standard InChI is InChI=1S/C28H26N2O4/c1-15-7-4-5-10-21(15)24-22-13-18-8-6-9-19(18)14-23(22)34-27(32)25(24)30-28(33)29-20-11-16(2)26(31)17(3)12-20/h4-5,7,10-14,31H,6,8-9H2,1-3H3,(H2,29,30,33). The van der Waals surface area contributed by atoms with Crippen molar-refractivity contribution in [2.75, 3.05) is 10.6 Å². The van der Waals surface area contributed by atoms with Crippen LogP contribution in [0, 0.1) is 20.8 Å². The van der Waals surface area contributed by atoms with Gasteiger partial charge in [0.15, 0.2) is 0 Å². The van der Waals surface area contributed by atoms with Crippen molar-refractivity contribution in [3.05, 3.63) is 86.8 Å². The number of aromatic hydroxyl groups is 1. The molecule has 3 aromatic carbocycles. The Kier molecular flexibility index (Phi) is 5.36. The quantitative estimate of drug-likeness (QED) is 0.253. The minimum absolute atomic E-state index is 0.101. The van der Waals surface area contributed by atoms with E-state index in [-0.39, 0.29) is 11.4 Å². The summed E-state index contributed by atoms with van der Waals surface area (Å²) in [4.78, 5) is 26.1. The molecule has 172 valence electrons. The lowest BCUT2D eigenvalue weighted by Gasteiger charge is -2.16. The van der Waals surface area contributed by atoms with E-state index in [2.05, 4.69) is 16.7 Å². The molecule has 0 saturated heterocycles. The van der Waals surface area contributed by atoms with E-state index in [0.29, 0.717) is 28.0 Å². The zero-order valence-electron chi connectivity index (χ0n) is 19.4. The molecule has 0 spiro atoms. The minimum atomic E-state index is -0.600. The number of anilines is 2. The van der Waals surface area contributed by atoms with Crippen LogP contribution in [0.15, 0.2) is 57.7 Å². The first kappa shape index (κ1) is 21.8. The van der Waals surface area contributed by atoms with Gasteiger partial charge in [-0.1, -0.05) is 24.3 Å². The molecule has 6 nitrogen and oxygen atoms in total. The highest BCUT2D eigenvalue weighted by molar-refractivity contribution is 6.07. The van der Waals surface area contributed by atoms with Gasteiger partial charge in [-0.15, -0.1) is 0 Å². The van der Waals surface area contributed by atoms with Gasteiger partial charge in [-0.05, 0) is 97.7 Å². The molecule has 0 bridgehead atoms. The molecule has 4 aromatic rings. The van der Waals surface area contributed by atoms with Gasteiger partial charge in [0.1, 0.15) is 17.0 Å². The van der Waals surface area contributed by atoms with Gasteiger partial charge in [0, 0.05) is 16.6 Å². The summed E-state index contributed by atoms with van der Waals surface area (Å²) in [5.74, 6) is 0.190. The molecule has 0 fully saturated rings. The van der Waals surface area contributed by atoms with Gasteiger partial charge in [-0.2, -0.15) is 0 Å². The van der Waals surface area contributed by atoms with Crippen LogP contribution < -0.4 is 16.3 Å². The molecule has 1 aliphatic rings. The second kappa shape index (κ2) is 8.37. The zero-order valence-corrected chi connectivity index (χ0v) is 19.4. The molecule has 34 heavy (non-hydrogen) atoms. The lowest BCUT2D eigenvalue weighted by Crippen LogP contribution is -2.24. The topological polar surface area (TPSA) is 91.6 Å². The molecule has 0 unspecified atom stereocenters. The predicted molar refractivity (Wildman–Crippen MR) is 135 cm³/mol. The second-order valence-corrected chi connectivity index (χ2v) is 8.96. The maximum atomic E-state index is 13.1. The van der Waals surface area contributed by atoms with Crippen LogP contribution >= 0.6 is 0 Å². The summed E-state index contributed by atoms with van der Waals surface area (Å²) in [6, 6.07) is 14.6. The van der Waals surface area contributed by atoms with Gasteiger partial charge < -0.3 is 20.2 Å². The van der Waals surface area contributed by atoms with Crippen LogP contribution in [0.2, 0.25) is 0 Å². The molecule has 1 heterocycles. The number of phenols is 1. The molecule has 1 aromatic heterocycles. The van der Waals surface area contributed by atoms with Gasteiger partial charge in [0.25, 0.3) is 0 Å². The third-order valence-corrected chi connectivity index (χ3v) is 6.52. The third kappa shape index (κ3) is 3.81. The van der Waals surface area contributed by atoms with Crippen LogP contribution in [0.5, 0.6) is 5.75 Å². The fraction of sp³-hybridized carbons (Fsp3) is 0.214. The van der Waals surface area contributed by atoms with Crippen LogP contribution in [-0.4, -0.2) is 11.1 Å². The first-order chi connectivity index (χ1) is 16.3. The molecule has 2 amide bonds. The number of rotatable bonds is 3. The summed E-state index contributed by atoms with van der Waals surface area (Å²) in [7, 11) is 0. The molecule has 5 rings (SSSR count). The Morgan fingerprint density at radius 3 is 2.29 bits per heavy atom. The van der Waals surface area contributed by atoms with Crippen molar-refractivity contribution in [3.8, 4) is 16.9 Å². The van der Waals surface area contributed by atoms with Crippen molar-refractivity contribution in [1.82, 2.24) is 0 Å². The van der Waals surface area contributed by atoms with E-state index in [9.17, 15) is 14.7 Å². The van der Waals surface area contributed by atoms with Crippen molar-refractivity contribution in [3.63, 3.8) is 0 Å². The summed E-state index contributed by atoms with van der Waals surface area (Å²) in [6.07, 6.45) is 3.04. The maximum absolute atomic E-state index is 13.1. The van der Waals surface area contributed by atoms with Crippen molar-refractivity contribution in [2.45, 2.75) is 40.0 Å². The number of fused-ring (bicyclic) bond motifs is 2. The number of benzene rings is 3. The van der Waals surface area contributed by atoms with Crippen LogP contribution in [-0.2, 0) is 12.8 Å². The highest BCUT2D eigenvalue weighted by atomic mass is 16.4. The second-order valence-electron chi connectivity index (χ2n) is 8.96. The van der Waals surface area contributed by atoms with Crippen molar-refractivity contribution in [1.29, 1.82) is 0 Å². The van der Waals surface area contributed by atoms with Crippen molar-refractivity contribution < 1.29 is 14.3 Å². The summed E-state index contributed by atoms with van der Waals surface area (Å²) >= 11 is 0. The molecule has 0 atom stereocenters. The monoisotopic (exact) mass is 454 g/mol. The number of nitrogens with one attached hydrogen (secondary N) is 2. The number of phenolic OH excluding ortho intramolecular Hbond substituents is 1. The van der Waals surface area contributed by atoms with Gasteiger partial charge >= 0.3 is 11.7 Å². The molecular formula is C28H26N2O4. The first-order valence-corrected chi connectivity index (χ1v) is 11.4. The van der Waals surface area contributed by atoms with Gasteiger partial charge in [0.2, 0.25) is 0 Å². The first-order valence-electron chi connectivity index (χ1n) is 11.4. The van der Waals surface area contributed by atoms with Crippen LogP contribution in [0.25, 0.3) is 22.1 Å². The lowest BCUT2D eigenvalue weighted by molar-refractivity contribution is 0.262. The Morgan fingerprint density at radius 1 is 0.912 bits per heavy atom. The molecular weight excluding hydrogens is 428 g/mol. The van der Waals surface area contributed by atoms with Gasteiger partial charge in [-0.25, -0.2) is 9.59 Å². The van der Waals surface area contributed by atoms with Crippen molar-refractivity contribution in [2.24, 2.45) is 0 Å². The molecule has 0 aliphatic heterocycles.